The number of carbonyl (C=O) groups is 1. The highest BCUT2D eigenvalue weighted by Crippen LogP contribution is 2.58. The summed E-state index contributed by atoms with van der Waals surface area (Å²) in [7, 11) is 0. The van der Waals surface area contributed by atoms with Crippen molar-refractivity contribution in [2.75, 3.05) is 0 Å². The van der Waals surface area contributed by atoms with Gasteiger partial charge in [-0.3, -0.25) is 4.79 Å². The van der Waals surface area contributed by atoms with Crippen molar-refractivity contribution in [3.8, 4) is 0 Å². The lowest BCUT2D eigenvalue weighted by atomic mass is 9.79. The van der Waals surface area contributed by atoms with Crippen molar-refractivity contribution in [1.29, 1.82) is 0 Å². The largest absolute Gasteiger partial charge is 0.294 e. The molecule has 0 amide bonds. The van der Waals surface area contributed by atoms with Crippen LogP contribution in [0, 0.1) is 23.7 Å². The summed E-state index contributed by atoms with van der Waals surface area (Å²) in [6.07, 6.45) is 5.17. The van der Waals surface area contributed by atoms with Gasteiger partial charge in [0.15, 0.2) is 5.78 Å². The van der Waals surface area contributed by atoms with Crippen LogP contribution in [0.5, 0.6) is 0 Å². The molecular weight excluding hydrogens is 148 g/mol. The molecule has 0 radical (unpaired) electrons. The summed E-state index contributed by atoms with van der Waals surface area (Å²) in [5, 5.41) is 0. The van der Waals surface area contributed by atoms with Gasteiger partial charge in [0.25, 0.3) is 0 Å². The van der Waals surface area contributed by atoms with Crippen molar-refractivity contribution in [2.45, 2.75) is 25.7 Å². The van der Waals surface area contributed by atoms with Crippen LogP contribution in [0.15, 0.2) is 12.2 Å². The van der Waals surface area contributed by atoms with Crippen LogP contribution in [0.25, 0.3) is 0 Å². The highest BCUT2D eigenvalue weighted by atomic mass is 16.1. The molecule has 0 aromatic carbocycles. The number of hydrogen-bond donors (Lipinski definition) is 0. The predicted molar refractivity (Wildman–Crippen MR) is 46.6 cm³/mol. The van der Waals surface area contributed by atoms with Gasteiger partial charge in [-0.1, -0.05) is 13.0 Å². The monoisotopic (exact) mass is 162 g/mol. The van der Waals surface area contributed by atoms with Crippen LogP contribution < -0.4 is 0 Å². The molecule has 64 valence electrons. The number of Topliss-reactive ketones (excluding diaryl/α,β-unsaturated/α-hetero) is 1. The Morgan fingerprint density at radius 1 is 1.17 bits per heavy atom. The summed E-state index contributed by atoms with van der Waals surface area (Å²) in [6, 6.07) is 0. The van der Waals surface area contributed by atoms with E-state index in [-0.39, 0.29) is 0 Å². The molecule has 0 N–H and O–H groups in total. The molecule has 0 aliphatic heterocycles. The molecular formula is C11H14O. The number of allylic oxidation sites excluding steroid dienone is 1. The van der Waals surface area contributed by atoms with E-state index in [9.17, 15) is 4.79 Å². The predicted octanol–water partition coefficient (Wildman–Crippen LogP) is 2.18. The molecule has 3 saturated carbocycles. The van der Waals surface area contributed by atoms with Crippen LogP contribution in [-0.2, 0) is 4.79 Å². The van der Waals surface area contributed by atoms with Crippen LogP contribution in [-0.4, -0.2) is 5.78 Å². The minimum Gasteiger partial charge on any atom is -0.294 e. The van der Waals surface area contributed by atoms with Crippen molar-refractivity contribution in [2.24, 2.45) is 23.7 Å². The minimum absolute atomic E-state index is 0.398. The van der Waals surface area contributed by atoms with Gasteiger partial charge in [-0.05, 0) is 42.6 Å². The van der Waals surface area contributed by atoms with E-state index in [1.54, 1.807) is 0 Å². The van der Waals surface area contributed by atoms with Gasteiger partial charge in [0.05, 0.1) is 0 Å². The molecule has 4 unspecified atom stereocenters. The van der Waals surface area contributed by atoms with Gasteiger partial charge in [0, 0.05) is 5.92 Å². The van der Waals surface area contributed by atoms with Crippen LogP contribution in [0.4, 0.5) is 0 Å². The summed E-state index contributed by atoms with van der Waals surface area (Å²) in [4.78, 5) is 11.6. The van der Waals surface area contributed by atoms with Crippen LogP contribution in [0.1, 0.15) is 25.7 Å². The normalized spacial score (nSPS) is 50.3. The van der Waals surface area contributed by atoms with Crippen molar-refractivity contribution < 1.29 is 4.79 Å². The summed E-state index contributed by atoms with van der Waals surface area (Å²) in [5.74, 6) is 3.00. The lowest BCUT2D eigenvalue weighted by Gasteiger charge is -2.24. The first-order valence-electron chi connectivity index (χ1n) is 5.02. The Labute approximate surface area is 72.8 Å². The van der Waals surface area contributed by atoms with E-state index in [0.717, 1.165) is 23.8 Å². The Bertz CT molecular complexity index is 240. The molecule has 0 aromatic heterocycles. The van der Waals surface area contributed by atoms with Crippen molar-refractivity contribution in [1.82, 2.24) is 0 Å². The van der Waals surface area contributed by atoms with Crippen LogP contribution in [0.3, 0.4) is 0 Å². The fourth-order valence-corrected chi connectivity index (χ4v) is 3.76. The third-order valence-electron chi connectivity index (χ3n) is 4.27. The Balaban J connectivity index is 2.02. The molecule has 0 spiro atoms. The van der Waals surface area contributed by atoms with Crippen molar-refractivity contribution >= 4 is 5.78 Å². The average Bonchev–Trinajstić information content (AvgIpc) is 2.63. The third kappa shape index (κ3) is 0.596. The molecule has 4 atom stereocenters. The van der Waals surface area contributed by atoms with E-state index in [2.05, 4.69) is 6.58 Å². The zero-order valence-electron chi connectivity index (χ0n) is 7.25. The van der Waals surface area contributed by atoms with E-state index < -0.39 is 0 Å². The van der Waals surface area contributed by atoms with Gasteiger partial charge in [-0.15, -0.1) is 0 Å². The molecule has 3 fully saturated rings. The maximum absolute atomic E-state index is 11.6. The molecule has 3 rings (SSSR count). The molecule has 3 aliphatic carbocycles. The van der Waals surface area contributed by atoms with Gasteiger partial charge in [0.2, 0.25) is 0 Å². The number of carbonyl (C=O) groups excluding carboxylic acids is 1. The van der Waals surface area contributed by atoms with E-state index in [1.807, 2.05) is 0 Å². The third-order valence-corrected chi connectivity index (χ3v) is 4.27. The Kier molecular flexibility index (Phi) is 1.15. The SMILES string of the molecule is C=C1C(=O)C2CC1C1CCCC21. The standard InChI is InChI=1S/C11H14O/c1-6-9-5-10(11(6)12)8-4-2-3-7(8)9/h7-10H,1-5H2. The smallest absolute Gasteiger partial charge is 0.161 e. The summed E-state index contributed by atoms with van der Waals surface area (Å²) >= 11 is 0. The summed E-state index contributed by atoms with van der Waals surface area (Å²) in [6.45, 7) is 3.93. The van der Waals surface area contributed by atoms with E-state index in [0.29, 0.717) is 17.6 Å². The zero-order valence-corrected chi connectivity index (χ0v) is 7.25. The highest BCUT2D eigenvalue weighted by Gasteiger charge is 2.55. The van der Waals surface area contributed by atoms with Gasteiger partial charge >= 0.3 is 0 Å². The van der Waals surface area contributed by atoms with Gasteiger partial charge in [-0.2, -0.15) is 0 Å². The number of fused-ring (bicyclic) bond motifs is 5. The molecule has 1 heteroatoms. The Hall–Kier alpha value is -0.590. The van der Waals surface area contributed by atoms with Crippen LogP contribution >= 0.6 is 0 Å². The Morgan fingerprint density at radius 2 is 1.83 bits per heavy atom. The molecule has 0 saturated heterocycles. The maximum Gasteiger partial charge on any atom is 0.161 e. The van der Waals surface area contributed by atoms with Gasteiger partial charge < -0.3 is 0 Å². The molecule has 2 bridgehead atoms. The van der Waals surface area contributed by atoms with Gasteiger partial charge in [0.1, 0.15) is 0 Å². The zero-order chi connectivity index (χ0) is 8.29. The fraction of sp³-hybridized carbons (Fsp3) is 0.727. The Morgan fingerprint density at radius 3 is 2.58 bits per heavy atom. The van der Waals surface area contributed by atoms with E-state index in [4.69, 9.17) is 0 Å². The summed E-state index contributed by atoms with van der Waals surface area (Å²) < 4.78 is 0. The fourth-order valence-electron chi connectivity index (χ4n) is 3.76. The van der Waals surface area contributed by atoms with E-state index in [1.165, 1.54) is 19.3 Å². The van der Waals surface area contributed by atoms with Crippen LogP contribution in [0.2, 0.25) is 0 Å². The molecule has 0 aromatic rings. The topological polar surface area (TPSA) is 17.1 Å². The second kappa shape index (κ2) is 2.01. The number of rotatable bonds is 0. The number of ketones is 1. The average molecular weight is 162 g/mol. The maximum atomic E-state index is 11.6. The first-order chi connectivity index (χ1) is 5.79. The molecule has 0 heterocycles. The van der Waals surface area contributed by atoms with Crippen molar-refractivity contribution in [3.63, 3.8) is 0 Å². The molecule has 3 aliphatic rings. The quantitative estimate of drug-likeness (QED) is 0.499. The summed E-state index contributed by atoms with van der Waals surface area (Å²) in [5.41, 5.74) is 0.961. The lowest BCUT2D eigenvalue weighted by molar-refractivity contribution is -0.120. The molecule has 12 heavy (non-hydrogen) atoms. The first kappa shape index (κ1) is 6.88. The van der Waals surface area contributed by atoms with Gasteiger partial charge in [-0.25, -0.2) is 0 Å². The lowest BCUT2D eigenvalue weighted by Crippen LogP contribution is -2.25. The first-order valence-corrected chi connectivity index (χ1v) is 5.02. The van der Waals surface area contributed by atoms with Crippen molar-refractivity contribution in [3.05, 3.63) is 12.2 Å². The number of hydrogen-bond acceptors (Lipinski definition) is 1. The second-order valence-corrected chi connectivity index (χ2v) is 4.60. The highest BCUT2D eigenvalue weighted by molar-refractivity contribution is 6.00. The van der Waals surface area contributed by atoms with E-state index >= 15 is 0 Å². The molecule has 1 nitrogen and oxygen atoms in total. The second-order valence-electron chi connectivity index (χ2n) is 4.60. The minimum atomic E-state index is 0.398.